The molecule has 0 aliphatic carbocycles. The summed E-state index contributed by atoms with van der Waals surface area (Å²) in [6.07, 6.45) is -0.659. The standard InChI is InChI=1S/C25H25F3N8O/c1-16-30-13-19(14-31-16)17-4-5-20-21(11-17)33-24(32-20)34-23-18(3-2-6-29-23)15-35-7-9-36(10-8-35)22(37)12-25(26,27)28/h2-6,11,13-14H,7-10,12,15H2,1H3,(H2,29,32,33,34). The molecule has 0 unspecified atom stereocenters. The molecule has 3 aromatic heterocycles. The van der Waals surface area contributed by atoms with Crippen molar-refractivity contribution < 1.29 is 18.0 Å². The molecule has 1 saturated heterocycles. The number of nitrogens with one attached hydrogen (secondary N) is 2. The largest absolute Gasteiger partial charge is 0.397 e. The molecule has 9 nitrogen and oxygen atoms in total. The van der Waals surface area contributed by atoms with E-state index in [4.69, 9.17) is 0 Å². The molecular formula is C25H25F3N8O. The van der Waals surface area contributed by atoms with Crippen LogP contribution in [0.4, 0.5) is 24.9 Å². The molecule has 2 N–H and O–H groups in total. The first kappa shape index (κ1) is 24.6. The van der Waals surface area contributed by atoms with Gasteiger partial charge in [-0.25, -0.2) is 19.9 Å². The average Bonchev–Trinajstić information content (AvgIpc) is 3.27. The fourth-order valence-corrected chi connectivity index (χ4v) is 4.26. The fourth-order valence-electron chi connectivity index (χ4n) is 4.26. The number of benzene rings is 1. The molecule has 4 aromatic rings. The third-order valence-corrected chi connectivity index (χ3v) is 6.19. The number of rotatable bonds is 6. The smallest absolute Gasteiger partial charge is 0.340 e. The van der Waals surface area contributed by atoms with E-state index >= 15 is 0 Å². The topological polar surface area (TPSA) is 103 Å². The molecule has 4 heterocycles. The number of aromatic nitrogens is 5. The van der Waals surface area contributed by atoms with Crippen LogP contribution in [-0.2, 0) is 11.3 Å². The van der Waals surface area contributed by atoms with E-state index < -0.39 is 18.5 Å². The second-order valence-electron chi connectivity index (χ2n) is 8.92. The minimum absolute atomic E-state index is 0.260. The number of fused-ring (bicyclic) bond motifs is 1. The number of anilines is 2. The fraction of sp³-hybridized carbons (Fsp3) is 0.320. The second kappa shape index (κ2) is 10.1. The van der Waals surface area contributed by atoms with Gasteiger partial charge in [0.15, 0.2) is 0 Å². The van der Waals surface area contributed by atoms with Crippen molar-refractivity contribution in [3.63, 3.8) is 0 Å². The van der Waals surface area contributed by atoms with E-state index in [2.05, 4.69) is 35.1 Å². The molecule has 0 saturated carbocycles. The van der Waals surface area contributed by atoms with E-state index in [1.54, 1.807) is 18.6 Å². The normalized spacial score (nSPS) is 14.8. The van der Waals surface area contributed by atoms with Gasteiger partial charge in [-0.1, -0.05) is 12.1 Å². The van der Waals surface area contributed by atoms with Crippen molar-refractivity contribution in [1.29, 1.82) is 0 Å². The van der Waals surface area contributed by atoms with Crippen molar-refractivity contribution in [3.05, 3.63) is 60.3 Å². The van der Waals surface area contributed by atoms with Gasteiger partial charge in [0, 0.05) is 62.4 Å². The summed E-state index contributed by atoms with van der Waals surface area (Å²) in [5.74, 6) is 0.999. The van der Waals surface area contributed by atoms with Gasteiger partial charge in [0.05, 0.1) is 11.0 Å². The van der Waals surface area contributed by atoms with E-state index in [9.17, 15) is 18.0 Å². The first-order valence-electron chi connectivity index (χ1n) is 11.8. The molecule has 12 heteroatoms. The summed E-state index contributed by atoms with van der Waals surface area (Å²) in [6.45, 7) is 3.86. The number of amides is 1. The van der Waals surface area contributed by atoms with E-state index in [1.807, 2.05) is 37.3 Å². The summed E-state index contributed by atoms with van der Waals surface area (Å²) < 4.78 is 37.6. The molecule has 1 aromatic carbocycles. The zero-order chi connectivity index (χ0) is 26.0. The van der Waals surface area contributed by atoms with Gasteiger partial charge in [0.25, 0.3) is 0 Å². The number of aromatic amines is 1. The molecule has 0 atom stereocenters. The first-order valence-corrected chi connectivity index (χ1v) is 11.8. The van der Waals surface area contributed by atoms with Crippen LogP contribution in [0.2, 0.25) is 0 Å². The molecule has 1 aliphatic heterocycles. The van der Waals surface area contributed by atoms with Crippen LogP contribution >= 0.6 is 0 Å². The lowest BCUT2D eigenvalue weighted by molar-refractivity contribution is -0.162. The summed E-state index contributed by atoms with van der Waals surface area (Å²) in [4.78, 5) is 36.1. The zero-order valence-corrected chi connectivity index (χ0v) is 20.1. The maximum atomic E-state index is 12.5. The Bertz CT molecular complexity index is 1400. The van der Waals surface area contributed by atoms with Crippen LogP contribution in [0.3, 0.4) is 0 Å². The Labute approximate surface area is 210 Å². The van der Waals surface area contributed by atoms with Gasteiger partial charge in [-0.3, -0.25) is 9.69 Å². The van der Waals surface area contributed by atoms with Crippen molar-refractivity contribution >= 4 is 28.7 Å². The lowest BCUT2D eigenvalue weighted by Gasteiger charge is -2.35. The Morgan fingerprint density at radius 2 is 1.81 bits per heavy atom. The van der Waals surface area contributed by atoms with Gasteiger partial charge >= 0.3 is 6.18 Å². The number of alkyl halides is 3. The number of carbonyl (C=O) groups is 1. The summed E-state index contributed by atoms with van der Waals surface area (Å²) in [5, 5.41) is 3.25. The lowest BCUT2D eigenvalue weighted by atomic mass is 10.1. The quantitative estimate of drug-likeness (QED) is 0.403. The van der Waals surface area contributed by atoms with Crippen LogP contribution in [0.25, 0.3) is 22.2 Å². The van der Waals surface area contributed by atoms with Gasteiger partial charge in [-0.05, 0) is 30.7 Å². The van der Waals surface area contributed by atoms with Gasteiger partial charge in [-0.2, -0.15) is 13.2 Å². The number of imidazole rings is 1. The Morgan fingerprint density at radius 1 is 1.05 bits per heavy atom. The highest BCUT2D eigenvalue weighted by Crippen LogP contribution is 2.26. The molecular weight excluding hydrogens is 485 g/mol. The Balaban J connectivity index is 1.25. The molecule has 5 rings (SSSR count). The number of hydrogen-bond donors (Lipinski definition) is 2. The molecule has 37 heavy (non-hydrogen) atoms. The van der Waals surface area contributed by atoms with Gasteiger partial charge < -0.3 is 15.2 Å². The Morgan fingerprint density at radius 3 is 2.54 bits per heavy atom. The van der Waals surface area contributed by atoms with E-state index in [-0.39, 0.29) is 13.1 Å². The van der Waals surface area contributed by atoms with Crippen molar-refractivity contribution in [2.45, 2.75) is 26.1 Å². The van der Waals surface area contributed by atoms with Crippen molar-refractivity contribution in [2.24, 2.45) is 0 Å². The first-order chi connectivity index (χ1) is 17.7. The maximum absolute atomic E-state index is 12.5. The minimum atomic E-state index is -4.49. The van der Waals surface area contributed by atoms with Crippen LogP contribution in [-0.4, -0.2) is 73.0 Å². The van der Waals surface area contributed by atoms with E-state index in [1.165, 1.54) is 4.90 Å². The Hall–Kier alpha value is -4.06. The highest BCUT2D eigenvalue weighted by atomic mass is 19.4. The average molecular weight is 511 g/mol. The maximum Gasteiger partial charge on any atom is 0.397 e. The molecule has 1 fully saturated rings. The van der Waals surface area contributed by atoms with E-state index in [0.717, 1.165) is 27.7 Å². The number of hydrogen-bond acceptors (Lipinski definition) is 7. The van der Waals surface area contributed by atoms with E-state index in [0.29, 0.717) is 37.2 Å². The van der Waals surface area contributed by atoms with Crippen LogP contribution in [0.5, 0.6) is 0 Å². The van der Waals surface area contributed by atoms with Gasteiger partial charge in [0.2, 0.25) is 11.9 Å². The lowest BCUT2D eigenvalue weighted by Crippen LogP contribution is -2.49. The molecule has 0 spiro atoms. The third kappa shape index (κ3) is 6.02. The highest BCUT2D eigenvalue weighted by Gasteiger charge is 2.34. The predicted molar refractivity (Wildman–Crippen MR) is 132 cm³/mol. The number of piperazine rings is 1. The number of nitrogens with zero attached hydrogens (tertiary/aromatic N) is 6. The van der Waals surface area contributed by atoms with Crippen LogP contribution in [0.1, 0.15) is 17.8 Å². The number of H-pyrrole nitrogens is 1. The molecule has 1 amide bonds. The second-order valence-corrected chi connectivity index (χ2v) is 8.92. The van der Waals surface area contributed by atoms with Crippen LogP contribution in [0.15, 0.2) is 48.9 Å². The van der Waals surface area contributed by atoms with Gasteiger partial charge in [-0.15, -0.1) is 0 Å². The molecule has 0 radical (unpaired) electrons. The highest BCUT2D eigenvalue weighted by molar-refractivity contribution is 5.83. The third-order valence-electron chi connectivity index (χ3n) is 6.19. The molecule has 1 aliphatic rings. The SMILES string of the molecule is Cc1ncc(-c2ccc3nc(Nc4ncccc4CN4CCN(C(=O)CC(F)(F)F)CC4)[nH]c3c2)cn1. The monoisotopic (exact) mass is 510 g/mol. The number of aryl methyl sites for hydroxylation is 1. The minimum Gasteiger partial charge on any atom is -0.340 e. The predicted octanol–water partition coefficient (Wildman–Crippen LogP) is 4.06. The van der Waals surface area contributed by atoms with Gasteiger partial charge in [0.1, 0.15) is 18.1 Å². The number of pyridine rings is 1. The molecule has 192 valence electrons. The summed E-state index contributed by atoms with van der Waals surface area (Å²) in [5.41, 5.74) is 4.42. The van der Waals surface area contributed by atoms with Crippen LogP contribution in [0, 0.1) is 6.92 Å². The molecule has 0 bridgehead atoms. The Kier molecular flexibility index (Phi) is 6.74. The zero-order valence-electron chi connectivity index (χ0n) is 20.1. The van der Waals surface area contributed by atoms with Crippen LogP contribution < -0.4 is 5.32 Å². The summed E-state index contributed by atoms with van der Waals surface area (Å²) >= 11 is 0. The summed E-state index contributed by atoms with van der Waals surface area (Å²) in [7, 11) is 0. The van der Waals surface area contributed by atoms with Crippen molar-refractivity contribution in [2.75, 3.05) is 31.5 Å². The number of halogens is 3. The number of carbonyl (C=O) groups excluding carboxylic acids is 1. The van der Waals surface area contributed by atoms with Crippen molar-refractivity contribution in [3.8, 4) is 11.1 Å². The van der Waals surface area contributed by atoms with Crippen molar-refractivity contribution in [1.82, 2.24) is 34.7 Å². The summed E-state index contributed by atoms with van der Waals surface area (Å²) in [6, 6.07) is 9.64.